The molecule has 2 nitrogen and oxygen atoms in total. The smallest absolute Gasteiger partial charge is 0.184 e. The lowest BCUT2D eigenvalue weighted by Crippen LogP contribution is -2.12. The van der Waals surface area contributed by atoms with Crippen LogP contribution in [0.15, 0.2) is 40.9 Å². The van der Waals surface area contributed by atoms with Crippen molar-refractivity contribution in [3.8, 4) is 6.07 Å². The van der Waals surface area contributed by atoms with Gasteiger partial charge in [0.1, 0.15) is 11.7 Å². The minimum Gasteiger partial charge on any atom is -0.292 e. The van der Waals surface area contributed by atoms with E-state index in [1.807, 2.05) is 13.0 Å². The molecule has 2 rings (SSSR count). The second-order valence-corrected chi connectivity index (χ2v) is 5.82. The van der Waals surface area contributed by atoms with Gasteiger partial charge in [-0.05, 0) is 42.3 Å². The summed E-state index contributed by atoms with van der Waals surface area (Å²) in [6.07, 6.45) is 0. The van der Waals surface area contributed by atoms with Crippen LogP contribution in [0.2, 0.25) is 5.02 Å². The average molecular weight is 367 g/mol. The van der Waals surface area contributed by atoms with Gasteiger partial charge in [0.2, 0.25) is 0 Å². The molecule has 0 saturated carbocycles. The van der Waals surface area contributed by atoms with Crippen molar-refractivity contribution in [2.75, 3.05) is 0 Å². The number of aryl methyl sites for hydroxylation is 1. The number of benzene rings is 2. The highest BCUT2D eigenvalue weighted by molar-refractivity contribution is 9.10. The Morgan fingerprint density at radius 3 is 2.62 bits per heavy atom. The molecule has 0 spiro atoms. The topological polar surface area (TPSA) is 40.9 Å². The van der Waals surface area contributed by atoms with Gasteiger partial charge in [0.15, 0.2) is 5.78 Å². The third kappa shape index (κ3) is 3.31. The summed E-state index contributed by atoms with van der Waals surface area (Å²) in [6.45, 7) is 1.85. The SMILES string of the molecule is Cc1cc(C(=O)C(C#N)c2ccc(F)cc2Cl)ccc1Br. The molecule has 21 heavy (non-hydrogen) atoms. The molecule has 1 unspecified atom stereocenters. The number of carbonyl (C=O) groups is 1. The Kier molecular flexibility index (Phi) is 4.76. The van der Waals surface area contributed by atoms with E-state index >= 15 is 0 Å². The standard InChI is InChI=1S/C16H10BrClFNO/c1-9-6-10(2-5-14(9)17)16(21)13(8-20)12-4-3-11(19)7-15(12)18/h2-7,13H,1H3. The lowest BCUT2D eigenvalue weighted by Gasteiger charge is -2.11. The molecule has 0 heterocycles. The Morgan fingerprint density at radius 2 is 2.05 bits per heavy atom. The van der Waals surface area contributed by atoms with Gasteiger partial charge < -0.3 is 0 Å². The van der Waals surface area contributed by atoms with E-state index in [0.717, 1.165) is 16.1 Å². The summed E-state index contributed by atoms with van der Waals surface area (Å²) in [5.41, 5.74) is 1.62. The van der Waals surface area contributed by atoms with Gasteiger partial charge in [0, 0.05) is 15.1 Å². The summed E-state index contributed by atoms with van der Waals surface area (Å²) in [5, 5.41) is 9.37. The number of hydrogen-bond acceptors (Lipinski definition) is 2. The Morgan fingerprint density at radius 1 is 1.33 bits per heavy atom. The summed E-state index contributed by atoms with van der Waals surface area (Å²) >= 11 is 9.30. The van der Waals surface area contributed by atoms with E-state index in [1.165, 1.54) is 12.1 Å². The van der Waals surface area contributed by atoms with E-state index in [1.54, 1.807) is 18.2 Å². The molecule has 0 aliphatic heterocycles. The van der Waals surface area contributed by atoms with Gasteiger partial charge in [-0.2, -0.15) is 5.26 Å². The lowest BCUT2D eigenvalue weighted by atomic mass is 9.91. The van der Waals surface area contributed by atoms with Crippen LogP contribution in [0.1, 0.15) is 27.4 Å². The van der Waals surface area contributed by atoms with E-state index in [9.17, 15) is 14.4 Å². The van der Waals surface area contributed by atoms with Crippen LogP contribution in [0.25, 0.3) is 0 Å². The number of hydrogen-bond donors (Lipinski definition) is 0. The third-order valence-electron chi connectivity index (χ3n) is 3.11. The maximum Gasteiger partial charge on any atom is 0.184 e. The van der Waals surface area contributed by atoms with Crippen molar-refractivity contribution in [2.45, 2.75) is 12.8 Å². The number of ketones is 1. The molecule has 106 valence electrons. The van der Waals surface area contributed by atoms with E-state index in [0.29, 0.717) is 11.1 Å². The van der Waals surface area contributed by atoms with Gasteiger partial charge in [-0.25, -0.2) is 4.39 Å². The zero-order valence-electron chi connectivity index (χ0n) is 11.0. The zero-order valence-corrected chi connectivity index (χ0v) is 13.4. The number of halogens is 3. The van der Waals surface area contributed by atoms with Gasteiger partial charge in [-0.3, -0.25) is 4.79 Å². The number of rotatable bonds is 3. The summed E-state index contributed by atoms with van der Waals surface area (Å²) in [6, 6.07) is 10.7. The van der Waals surface area contributed by atoms with Crippen molar-refractivity contribution in [3.05, 3.63) is 68.4 Å². The first-order chi connectivity index (χ1) is 9.93. The van der Waals surface area contributed by atoms with Crippen molar-refractivity contribution in [2.24, 2.45) is 0 Å². The van der Waals surface area contributed by atoms with E-state index < -0.39 is 11.7 Å². The van der Waals surface area contributed by atoms with Crippen LogP contribution in [0.5, 0.6) is 0 Å². The molecular weight excluding hydrogens is 357 g/mol. The van der Waals surface area contributed by atoms with Crippen LogP contribution in [-0.2, 0) is 0 Å². The number of carbonyl (C=O) groups excluding carboxylic acids is 1. The van der Waals surface area contributed by atoms with Crippen LogP contribution >= 0.6 is 27.5 Å². The fraction of sp³-hybridized carbons (Fsp3) is 0.125. The Bertz CT molecular complexity index is 754. The number of Topliss-reactive ketones (excluding diaryl/α,β-unsaturated/α-hetero) is 1. The minimum absolute atomic E-state index is 0.0729. The quantitative estimate of drug-likeness (QED) is 0.714. The van der Waals surface area contributed by atoms with Crippen LogP contribution in [0.4, 0.5) is 4.39 Å². The summed E-state index contributed by atoms with van der Waals surface area (Å²) < 4.78 is 14.0. The van der Waals surface area contributed by atoms with Crippen molar-refractivity contribution < 1.29 is 9.18 Å². The monoisotopic (exact) mass is 365 g/mol. The first-order valence-electron chi connectivity index (χ1n) is 6.09. The second-order valence-electron chi connectivity index (χ2n) is 4.56. The summed E-state index contributed by atoms with van der Waals surface area (Å²) in [7, 11) is 0. The highest BCUT2D eigenvalue weighted by Gasteiger charge is 2.24. The first-order valence-corrected chi connectivity index (χ1v) is 7.26. The van der Waals surface area contributed by atoms with Crippen molar-refractivity contribution >= 4 is 33.3 Å². The fourth-order valence-electron chi connectivity index (χ4n) is 1.97. The minimum atomic E-state index is -1.06. The summed E-state index contributed by atoms with van der Waals surface area (Å²) in [5.74, 6) is -1.92. The molecular formula is C16H10BrClFNO. The molecule has 2 aromatic rings. The molecule has 0 aliphatic carbocycles. The van der Waals surface area contributed by atoms with Crippen molar-refractivity contribution in [1.82, 2.24) is 0 Å². The molecule has 0 bridgehead atoms. The van der Waals surface area contributed by atoms with Crippen LogP contribution in [0.3, 0.4) is 0 Å². The molecule has 0 aromatic heterocycles. The van der Waals surface area contributed by atoms with Crippen LogP contribution < -0.4 is 0 Å². The van der Waals surface area contributed by atoms with Crippen LogP contribution in [-0.4, -0.2) is 5.78 Å². The maximum atomic E-state index is 13.1. The first kappa shape index (κ1) is 15.7. The molecule has 2 aromatic carbocycles. The van der Waals surface area contributed by atoms with Gasteiger partial charge in [-0.15, -0.1) is 0 Å². The molecule has 0 N–H and O–H groups in total. The summed E-state index contributed by atoms with van der Waals surface area (Å²) in [4.78, 5) is 12.5. The molecule has 0 aliphatic rings. The molecule has 1 atom stereocenters. The predicted molar refractivity (Wildman–Crippen MR) is 83.0 cm³/mol. The van der Waals surface area contributed by atoms with Gasteiger partial charge in [0.25, 0.3) is 0 Å². The fourth-order valence-corrected chi connectivity index (χ4v) is 2.49. The molecule has 0 radical (unpaired) electrons. The largest absolute Gasteiger partial charge is 0.292 e. The zero-order chi connectivity index (χ0) is 15.6. The average Bonchev–Trinajstić information content (AvgIpc) is 2.44. The Balaban J connectivity index is 2.43. The highest BCUT2D eigenvalue weighted by atomic mass is 79.9. The second kappa shape index (κ2) is 6.38. The predicted octanol–water partition coefficient (Wildman–Crippen LogP) is 5.04. The Hall–Kier alpha value is -1.70. The van der Waals surface area contributed by atoms with E-state index in [2.05, 4.69) is 15.9 Å². The van der Waals surface area contributed by atoms with Gasteiger partial charge in [-0.1, -0.05) is 39.7 Å². The highest BCUT2D eigenvalue weighted by Crippen LogP contribution is 2.29. The van der Waals surface area contributed by atoms with Gasteiger partial charge >= 0.3 is 0 Å². The third-order valence-corrected chi connectivity index (χ3v) is 4.32. The number of nitrogens with zero attached hydrogens (tertiary/aromatic N) is 1. The maximum absolute atomic E-state index is 13.1. The van der Waals surface area contributed by atoms with E-state index in [4.69, 9.17) is 11.6 Å². The molecule has 0 saturated heterocycles. The Labute approximate surface area is 135 Å². The van der Waals surface area contributed by atoms with Crippen molar-refractivity contribution in [1.29, 1.82) is 5.26 Å². The van der Waals surface area contributed by atoms with Crippen molar-refractivity contribution in [3.63, 3.8) is 0 Å². The molecule has 5 heteroatoms. The lowest BCUT2D eigenvalue weighted by molar-refractivity contribution is 0.0978. The van der Waals surface area contributed by atoms with E-state index in [-0.39, 0.29) is 10.8 Å². The number of nitriles is 1. The van der Waals surface area contributed by atoms with Crippen LogP contribution in [0, 0.1) is 24.1 Å². The molecule has 0 amide bonds. The molecule has 0 fully saturated rings. The van der Waals surface area contributed by atoms with Gasteiger partial charge in [0.05, 0.1) is 6.07 Å². The normalized spacial score (nSPS) is 11.8.